The summed E-state index contributed by atoms with van der Waals surface area (Å²) in [4.78, 5) is 0. The molecule has 1 atom stereocenters. The van der Waals surface area contributed by atoms with Gasteiger partial charge in [-0.3, -0.25) is 0 Å². The van der Waals surface area contributed by atoms with Gasteiger partial charge < -0.3 is 0 Å². The van der Waals surface area contributed by atoms with Crippen molar-refractivity contribution < 1.29 is 0 Å². The fourth-order valence-corrected chi connectivity index (χ4v) is 3.15. The molecule has 0 saturated carbocycles. The standard InChI is InChI=1S/C18H20/c1-3-4-7-16-14-8-5-6-9-15(14)17-11-10-13(2)12-18(16)17/h5-6,8-12,16H,3-4,7H2,1-2H3. The molecule has 2 aromatic carbocycles. The van der Waals surface area contributed by atoms with Crippen LogP contribution in [0.5, 0.6) is 0 Å². The number of benzene rings is 2. The van der Waals surface area contributed by atoms with E-state index in [9.17, 15) is 0 Å². The van der Waals surface area contributed by atoms with Crippen molar-refractivity contribution in [1.82, 2.24) is 0 Å². The first-order valence-corrected chi connectivity index (χ1v) is 7.01. The summed E-state index contributed by atoms with van der Waals surface area (Å²) in [7, 11) is 0. The predicted octanol–water partition coefficient (Wildman–Crippen LogP) is 5.30. The zero-order chi connectivity index (χ0) is 12.5. The predicted molar refractivity (Wildman–Crippen MR) is 78.0 cm³/mol. The summed E-state index contributed by atoms with van der Waals surface area (Å²) < 4.78 is 0. The molecule has 0 saturated heterocycles. The zero-order valence-corrected chi connectivity index (χ0v) is 11.2. The van der Waals surface area contributed by atoms with Crippen molar-refractivity contribution in [3.8, 4) is 11.1 Å². The molecule has 0 N–H and O–H groups in total. The highest BCUT2D eigenvalue weighted by Gasteiger charge is 2.27. The second kappa shape index (κ2) is 4.61. The Morgan fingerprint density at radius 3 is 2.56 bits per heavy atom. The lowest BCUT2D eigenvalue weighted by Gasteiger charge is -2.13. The van der Waals surface area contributed by atoms with Crippen LogP contribution >= 0.6 is 0 Å². The molecular weight excluding hydrogens is 216 g/mol. The van der Waals surface area contributed by atoms with Crippen molar-refractivity contribution in [2.45, 2.75) is 39.0 Å². The molecule has 0 aliphatic heterocycles. The lowest BCUT2D eigenvalue weighted by molar-refractivity contribution is 0.659. The van der Waals surface area contributed by atoms with Gasteiger partial charge in [0, 0.05) is 5.92 Å². The lowest BCUT2D eigenvalue weighted by Crippen LogP contribution is -1.96. The molecule has 0 radical (unpaired) electrons. The van der Waals surface area contributed by atoms with Gasteiger partial charge in [0.05, 0.1) is 0 Å². The fourth-order valence-electron chi connectivity index (χ4n) is 3.15. The minimum absolute atomic E-state index is 0.621. The smallest absolute Gasteiger partial charge is 0.0102 e. The quantitative estimate of drug-likeness (QED) is 0.678. The van der Waals surface area contributed by atoms with E-state index in [-0.39, 0.29) is 0 Å². The van der Waals surface area contributed by atoms with Gasteiger partial charge in [-0.05, 0) is 35.6 Å². The van der Waals surface area contributed by atoms with E-state index in [1.807, 2.05) is 0 Å². The molecule has 0 heteroatoms. The first-order valence-electron chi connectivity index (χ1n) is 7.01. The molecule has 0 amide bonds. The maximum atomic E-state index is 2.38. The van der Waals surface area contributed by atoms with E-state index < -0.39 is 0 Å². The Balaban J connectivity index is 2.12. The van der Waals surface area contributed by atoms with E-state index in [1.165, 1.54) is 41.5 Å². The Kier molecular flexibility index (Phi) is 2.95. The number of unbranched alkanes of at least 4 members (excludes halogenated alkanes) is 1. The van der Waals surface area contributed by atoms with Crippen LogP contribution in [0.1, 0.15) is 48.8 Å². The number of aryl methyl sites for hydroxylation is 1. The van der Waals surface area contributed by atoms with Crippen LogP contribution in [0.15, 0.2) is 42.5 Å². The summed E-state index contributed by atoms with van der Waals surface area (Å²) in [6.07, 6.45) is 3.87. The number of hydrogen-bond donors (Lipinski definition) is 0. The minimum atomic E-state index is 0.621. The first kappa shape index (κ1) is 11.5. The van der Waals surface area contributed by atoms with Crippen molar-refractivity contribution in [2.24, 2.45) is 0 Å². The van der Waals surface area contributed by atoms with Crippen LogP contribution in [-0.4, -0.2) is 0 Å². The molecule has 1 aliphatic rings. The molecule has 0 spiro atoms. The van der Waals surface area contributed by atoms with E-state index in [0.29, 0.717) is 5.92 Å². The maximum Gasteiger partial charge on any atom is 0.0102 e. The molecule has 2 aromatic rings. The molecule has 3 rings (SSSR count). The Hall–Kier alpha value is -1.56. The van der Waals surface area contributed by atoms with E-state index in [0.717, 1.165) is 0 Å². The average Bonchev–Trinajstić information content (AvgIpc) is 2.70. The summed E-state index contributed by atoms with van der Waals surface area (Å²) >= 11 is 0. The van der Waals surface area contributed by atoms with Crippen LogP contribution in [0.4, 0.5) is 0 Å². The summed E-state index contributed by atoms with van der Waals surface area (Å²) in [5.41, 5.74) is 7.37. The second-order valence-corrected chi connectivity index (χ2v) is 5.37. The SMILES string of the molecule is CCCCC1c2ccccc2-c2ccc(C)cc21. The van der Waals surface area contributed by atoms with Gasteiger partial charge in [0.1, 0.15) is 0 Å². The third kappa shape index (κ3) is 1.77. The van der Waals surface area contributed by atoms with Gasteiger partial charge in [-0.2, -0.15) is 0 Å². The van der Waals surface area contributed by atoms with Crippen LogP contribution in [0.25, 0.3) is 11.1 Å². The molecule has 0 heterocycles. The van der Waals surface area contributed by atoms with Gasteiger partial charge in [-0.1, -0.05) is 67.8 Å². The Morgan fingerprint density at radius 1 is 0.944 bits per heavy atom. The van der Waals surface area contributed by atoms with E-state index in [1.54, 1.807) is 5.56 Å². The summed E-state index contributed by atoms with van der Waals surface area (Å²) in [5, 5.41) is 0. The largest absolute Gasteiger partial charge is 0.0654 e. The van der Waals surface area contributed by atoms with Crippen LogP contribution in [-0.2, 0) is 0 Å². The third-order valence-corrected chi connectivity index (χ3v) is 4.06. The van der Waals surface area contributed by atoms with Gasteiger partial charge in [0.15, 0.2) is 0 Å². The Bertz CT molecular complexity index is 566. The normalized spacial score (nSPS) is 16.4. The minimum Gasteiger partial charge on any atom is -0.0654 e. The van der Waals surface area contributed by atoms with E-state index in [4.69, 9.17) is 0 Å². The van der Waals surface area contributed by atoms with Crippen LogP contribution in [0.3, 0.4) is 0 Å². The van der Waals surface area contributed by atoms with Gasteiger partial charge in [0.2, 0.25) is 0 Å². The summed E-state index contributed by atoms with van der Waals surface area (Å²) in [5.74, 6) is 0.621. The average molecular weight is 236 g/mol. The molecule has 1 aliphatic carbocycles. The van der Waals surface area contributed by atoms with Gasteiger partial charge in [0.25, 0.3) is 0 Å². The topological polar surface area (TPSA) is 0 Å². The molecule has 92 valence electrons. The second-order valence-electron chi connectivity index (χ2n) is 5.37. The lowest BCUT2D eigenvalue weighted by atomic mass is 9.91. The van der Waals surface area contributed by atoms with Crippen molar-refractivity contribution in [3.63, 3.8) is 0 Å². The number of hydrogen-bond acceptors (Lipinski definition) is 0. The zero-order valence-electron chi connectivity index (χ0n) is 11.2. The highest BCUT2D eigenvalue weighted by molar-refractivity contribution is 5.79. The highest BCUT2D eigenvalue weighted by atomic mass is 14.3. The van der Waals surface area contributed by atoms with E-state index >= 15 is 0 Å². The molecule has 18 heavy (non-hydrogen) atoms. The molecule has 0 bridgehead atoms. The number of fused-ring (bicyclic) bond motifs is 3. The molecular formula is C18H20. The van der Waals surface area contributed by atoms with Crippen molar-refractivity contribution in [1.29, 1.82) is 0 Å². The molecule has 0 aromatic heterocycles. The highest BCUT2D eigenvalue weighted by Crippen LogP contribution is 2.46. The summed E-state index contributed by atoms with van der Waals surface area (Å²) in [6, 6.07) is 15.8. The van der Waals surface area contributed by atoms with Crippen molar-refractivity contribution in [3.05, 3.63) is 59.2 Å². The van der Waals surface area contributed by atoms with Gasteiger partial charge >= 0.3 is 0 Å². The Labute approximate surface area is 110 Å². The Morgan fingerprint density at radius 2 is 1.72 bits per heavy atom. The monoisotopic (exact) mass is 236 g/mol. The third-order valence-electron chi connectivity index (χ3n) is 4.06. The van der Waals surface area contributed by atoms with Gasteiger partial charge in [-0.25, -0.2) is 0 Å². The molecule has 1 unspecified atom stereocenters. The maximum absolute atomic E-state index is 2.38. The van der Waals surface area contributed by atoms with Crippen molar-refractivity contribution >= 4 is 0 Å². The number of rotatable bonds is 3. The summed E-state index contributed by atoms with van der Waals surface area (Å²) in [6.45, 7) is 4.47. The molecule has 0 nitrogen and oxygen atoms in total. The van der Waals surface area contributed by atoms with E-state index in [2.05, 4.69) is 56.3 Å². The fraction of sp³-hybridized carbons (Fsp3) is 0.333. The van der Waals surface area contributed by atoms with Gasteiger partial charge in [-0.15, -0.1) is 0 Å². The first-order chi connectivity index (χ1) is 8.81. The molecule has 0 fully saturated rings. The van der Waals surface area contributed by atoms with Crippen LogP contribution in [0, 0.1) is 6.92 Å². The van der Waals surface area contributed by atoms with Crippen LogP contribution in [0.2, 0.25) is 0 Å². The van der Waals surface area contributed by atoms with Crippen molar-refractivity contribution in [2.75, 3.05) is 0 Å². The van der Waals surface area contributed by atoms with Crippen LogP contribution < -0.4 is 0 Å².